The molecule has 0 radical (unpaired) electrons. The number of carbonyl (C=O) groups excluding carboxylic acids is 1. The van der Waals surface area contributed by atoms with Gasteiger partial charge in [-0.3, -0.25) is 19.5 Å². The van der Waals surface area contributed by atoms with Gasteiger partial charge in [-0.05, 0) is 124 Å². The minimum absolute atomic E-state index is 0.0101. The number of carbonyl (C=O) groups is 1. The summed E-state index contributed by atoms with van der Waals surface area (Å²) >= 11 is 0. The summed E-state index contributed by atoms with van der Waals surface area (Å²) in [6.45, 7) is 12.3. The van der Waals surface area contributed by atoms with Crippen LogP contribution in [0.15, 0.2) is 143 Å². The number of para-hydroxylation sites is 3. The monoisotopic (exact) mass is 868 g/mol. The zero-order valence-electron chi connectivity index (χ0n) is 38.6. The van der Waals surface area contributed by atoms with Crippen molar-refractivity contribution in [2.75, 3.05) is 47.4 Å². The second-order valence-electron chi connectivity index (χ2n) is 23.3. The highest BCUT2D eigenvalue weighted by Crippen LogP contribution is 2.70. The Kier molecular flexibility index (Phi) is 6.75. The van der Waals surface area contributed by atoms with Crippen LogP contribution in [0.5, 0.6) is 0 Å². The molecule has 0 unspecified atom stereocenters. The van der Waals surface area contributed by atoms with Gasteiger partial charge in [-0.15, -0.1) is 0 Å². The fourth-order valence-electron chi connectivity index (χ4n) is 20.0. The molecule has 7 heteroatoms. The molecule has 6 saturated heterocycles. The molecular weight excluding hydrogens is 809 g/mol. The number of allylic oxidation sites excluding steroid dienone is 3. The van der Waals surface area contributed by atoms with Gasteiger partial charge in [0, 0.05) is 113 Å². The number of hydrogen-bond acceptors (Lipinski definition) is 6. The Hall–Kier alpha value is -4.95. The molecule has 0 aromatic heterocycles. The van der Waals surface area contributed by atoms with E-state index < -0.39 is 0 Å². The Bertz CT molecular complexity index is 2990. The maximum absolute atomic E-state index is 16.1. The molecule has 11 aliphatic heterocycles. The third-order valence-corrected chi connectivity index (χ3v) is 22.0. The first-order valence-corrected chi connectivity index (χ1v) is 26.0. The average molecular weight is 869 g/mol. The summed E-state index contributed by atoms with van der Waals surface area (Å²) in [5.41, 5.74) is 17.7. The van der Waals surface area contributed by atoms with E-state index in [1.165, 1.54) is 54.0 Å². The van der Waals surface area contributed by atoms with Crippen LogP contribution in [0, 0.1) is 23.7 Å². The number of hydrogen-bond donors (Lipinski definition) is 0. The third-order valence-electron chi connectivity index (χ3n) is 22.0. The van der Waals surface area contributed by atoms with Crippen LogP contribution in [0.25, 0.3) is 0 Å². The van der Waals surface area contributed by atoms with Crippen LogP contribution in [-0.4, -0.2) is 95.6 Å². The maximum Gasteiger partial charge on any atom is 0.255 e. The topological polar surface area (TPSA) is 36.5 Å². The van der Waals surface area contributed by atoms with Gasteiger partial charge < -0.3 is 14.7 Å². The lowest BCUT2D eigenvalue weighted by atomic mass is 9.54. The van der Waals surface area contributed by atoms with Crippen LogP contribution >= 0.6 is 0 Å². The summed E-state index contributed by atoms with van der Waals surface area (Å²) in [5, 5.41) is 0. The Morgan fingerprint density at radius 1 is 0.591 bits per heavy atom. The molecule has 3 spiro atoms. The summed E-state index contributed by atoms with van der Waals surface area (Å²) in [7, 11) is 0. The lowest BCUT2D eigenvalue weighted by Crippen LogP contribution is -2.66. The highest BCUT2D eigenvalue weighted by Gasteiger charge is 2.74. The van der Waals surface area contributed by atoms with E-state index in [1.807, 2.05) is 0 Å². The van der Waals surface area contributed by atoms with E-state index >= 15 is 4.79 Å². The number of nitrogens with zero attached hydrogens (tertiary/aromatic N) is 6. The first kappa shape index (κ1) is 37.1. The first-order valence-electron chi connectivity index (χ1n) is 26.0. The van der Waals surface area contributed by atoms with Gasteiger partial charge in [0.1, 0.15) is 0 Å². The molecule has 7 nitrogen and oxygen atoms in total. The molecule has 3 aromatic rings. The summed E-state index contributed by atoms with van der Waals surface area (Å²) in [6.07, 6.45) is 22.4. The minimum Gasteiger partial charge on any atom is -0.339 e. The Balaban J connectivity index is 0.885. The van der Waals surface area contributed by atoms with Gasteiger partial charge in [0.2, 0.25) is 0 Å². The summed E-state index contributed by atoms with van der Waals surface area (Å²) < 4.78 is 0. The molecule has 3 saturated carbocycles. The quantitative estimate of drug-likeness (QED) is 0.228. The largest absolute Gasteiger partial charge is 0.339 e. The smallest absolute Gasteiger partial charge is 0.255 e. The van der Waals surface area contributed by atoms with Crippen LogP contribution in [0.1, 0.15) is 76.0 Å². The van der Waals surface area contributed by atoms with Crippen molar-refractivity contribution in [1.29, 1.82) is 0 Å². The van der Waals surface area contributed by atoms with Gasteiger partial charge in [-0.1, -0.05) is 95.6 Å². The number of anilines is 3. The van der Waals surface area contributed by atoms with Crippen LogP contribution in [-0.2, 0) is 21.0 Å². The molecule has 14 aliphatic rings. The number of benzene rings is 3. The molecule has 11 heterocycles. The number of amides is 1. The van der Waals surface area contributed by atoms with Gasteiger partial charge in [0.25, 0.3) is 5.91 Å². The van der Waals surface area contributed by atoms with Gasteiger partial charge >= 0.3 is 0 Å². The fraction of sp³-hybridized carbons (Fsp3) is 0.475. The predicted molar refractivity (Wildman–Crippen MR) is 260 cm³/mol. The van der Waals surface area contributed by atoms with Gasteiger partial charge in [0.15, 0.2) is 0 Å². The van der Waals surface area contributed by atoms with Crippen molar-refractivity contribution in [2.45, 2.75) is 118 Å². The molecule has 17 rings (SSSR count). The molecule has 9 fully saturated rings. The minimum atomic E-state index is -0.161. The van der Waals surface area contributed by atoms with Gasteiger partial charge in [0.05, 0.1) is 18.1 Å². The highest BCUT2D eigenvalue weighted by molar-refractivity contribution is 6.10. The van der Waals surface area contributed by atoms with Crippen molar-refractivity contribution >= 4 is 23.0 Å². The Morgan fingerprint density at radius 2 is 1.14 bits per heavy atom. The molecule has 3 aliphatic carbocycles. The van der Waals surface area contributed by atoms with Crippen molar-refractivity contribution in [3.05, 3.63) is 160 Å². The van der Waals surface area contributed by atoms with E-state index in [-0.39, 0.29) is 34.4 Å². The van der Waals surface area contributed by atoms with E-state index in [9.17, 15) is 0 Å². The van der Waals surface area contributed by atoms with Crippen molar-refractivity contribution in [3.63, 3.8) is 0 Å². The van der Waals surface area contributed by atoms with E-state index in [2.05, 4.69) is 160 Å². The maximum atomic E-state index is 16.1. The van der Waals surface area contributed by atoms with Crippen LogP contribution in [0.4, 0.5) is 17.1 Å². The Morgan fingerprint density at radius 3 is 1.82 bits per heavy atom. The third kappa shape index (κ3) is 3.79. The van der Waals surface area contributed by atoms with Crippen molar-refractivity contribution in [3.8, 4) is 0 Å². The normalized spacial score (nSPS) is 45.0. The Labute approximate surface area is 389 Å². The number of piperidine rings is 3. The molecule has 3 aromatic carbocycles. The second-order valence-corrected chi connectivity index (χ2v) is 23.3. The van der Waals surface area contributed by atoms with E-state index in [4.69, 9.17) is 0 Å². The molecule has 14 atom stereocenters. The molecule has 332 valence electrons. The molecule has 6 bridgehead atoms. The molecule has 66 heavy (non-hydrogen) atoms. The lowest BCUT2D eigenvalue weighted by molar-refractivity contribution is -0.118. The van der Waals surface area contributed by atoms with Crippen LogP contribution in [0.3, 0.4) is 0 Å². The number of fused-ring (bicyclic) bond motifs is 12. The standard InChI is InChI=1S/C59H60N6O/c1-4-33-28-61-22-20-58-45-15-9-12-18-48(45)65-55(58)39(36(33)24-51(58)61)23-40(56(65)66)49-27-59-44-14-8-11-17-47(44)64-31-41-37-25-50-57(19-21-60(50)29-34(37)5-2)43-13-7-10-16-46(43)63(53(41)57)32-42(54(59)64)38-26-52(59)62(49)30-35(38)6-3/h4-18,23,31-32,36-39,49-55H,19-22,24-30H2,1-3H3/t36-,37-,38-,39-,49+,50-,51-,52-,53-,54-,55-,57+,58+,59+/m0/s1. The molecular formula is C59H60N6O. The lowest BCUT2D eigenvalue weighted by Gasteiger charge is -2.57. The zero-order chi connectivity index (χ0) is 43.3. The average Bonchev–Trinajstić information content (AvgIpc) is 4.19. The van der Waals surface area contributed by atoms with Crippen LogP contribution < -0.4 is 14.7 Å². The second kappa shape index (κ2) is 12.0. The fourth-order valence-corrected chi connectivity index (χ4v) is 20.0. The number of rotatable bonds is 1. The zero-order valence-corrected chi connectivity index (χ0v) is 38.6. The summed E-state index contributed by atoms with van der Waals surface area (Å²) in [5.74, 6) is 1.90. The first-order chi connectivity index (χ1) is 32.4. The van der Waals surface area contributed by atoms with Crippen LogP contribution in [0.2, 0.25) is 0 Å². The van der Waals surface area contributed by atoms with E-state index in [0.29, 0.717) is 53.7 Å². The van der Waals surface area contributed by atoms with E-state index in [0.717, 1.165) is 51.0 Å². The predicted octanol–water partition coefficient (Wildman–Crippen LogP) is 8.76. The molecule has 0 N–H and O–H groups in total. The molecule has 1 amide bonds. The highest BCUT2D eigenvalue weighted by atomic mass is 16.2. The SMILES string of the molecule is CC=C1CN2[C@@H](C3=C[C@@H]4[C@@H]5N(C3=O)c3ccccc3[C@@]53CCN5CC(=CC)[C@@H]4C[C@H]53)C[C@@]34c5ccccc5N5C=C6[C@H]7C[C@@H]8N(CC[C@@]89c8ccccc8N(C=C([C@H]1C[C@H]23)[C@H]54)[C@@H]69)CC7=CC. The van der Waals surface area contributed by atoms with Crippen molar-refractivity contribution < 1.29 is 4.79 Å². The van der Waals surface area contributed by atoms with Crippen molar-refractivity contribution in [2.24, 2.45) is 23.7 Å². The summed E-state index contributed by atoms with van der Waals surface area (Å²) in [4.78, 5) is 32.8. The summed E-state index contributed by atoms with van der Waals surface area (Å²) in [6, 6.07) is 30.5. The van der Waals surface area contributed by atoms with Gasteiger partial charge in [-0.25, -0.2) is 0 Å². The van der Waals surface area contributed by atoms with Crippen molar-refractivity contribution in [1.82, 2.24) is 14.7 Å². The van der Waals surface area contributed by atoms with E-state index in [1.54, 1.807) is 33.4 Å². The van der Waals surface area contributed by atoms with Gasteiger partial charge in [-0.2, -0.15) is 0 Å².